The predicted molar refractivity (Wildman–Crippen MR) is 161 cm³/mol. The maximum Gasteiger partial charge on any atom is 0.238 e. The molecule has 6 heteroatoms. The Bertz CT molecular complexity index is 1330. The van der Waals surface area contributed by atoms with Crippen molar-refractivity contribution in [3.05, 3.63) is 42.0 Å². The first-order valence-electron chi connectivity index (χ1n) is 15.3. The molecule has 0 spiro atoms. The number of nitrogens with zero attached hydrogens (tertiary/aromatic N) is 3. The van der Waals surface area contributed by atoms with Gasteiger partial charge in [0.2, 0.25) is 5.91 Å². The van der Waals surface area contributed by atoms with Crippen LogP contribution in [-0.2, 0) is 9.59 Å². The van der Waals surface area contributed by atoms with Crippen LogP contribution in [-0.4, -0.2) is 27.0 Å². The molecule has 0 amide bonds. The minimum Gasteiger partial charge on any atom is -0.295 e. The lowest BCUT2D eigenvalue weighted by molar-refractivity contribution is -0.141. The Morgan fingerprint density at radius 2 is 1.71 bits per heavy atom. The number of carbonyl (C=O) groups is 3. The maximum absolute atomic E-state index is 14.3. The van der Waals surface area contributed by atoms with Gasteiger partial charge >= 0.3 is 0 Å². The van der Waals surface area contributed by atoms with Crippen LogP contribution in [0.25, 0.3) is 0 Å². The van der Waals surface area contributed by atoms with Gasteiger partial charge in [-0.25, -0.2) is 4.98 Å². The van der Waals surface area contributed by atoms with Gasteiger partial charge in [0.05, 0.1) is 11.0 Å². The normalized spacial score (nSPS) is 40.4. The van der Waals surface area contributed by atoms with E-state index in [2.05, 4.69) is 38.7 Å². The molecule has 3 fully saturated rings. The van der Waals surface area contributed by atoms with E-state index in [0.29, 0.717) is 0 Å². The van der Waals surface area contributed by atoms with E-state index in [1.54, 1.807) is 23.3 Å². The van der Waals surface area contributed by atoms with Gasteiger partial charge in [0.25, 0.3) is 0 Å². The van der Waals surface area contributed by atoms with E-state index in [4.69, 9.17) is 0 Å². The molecule has 6 nitrogen and oxygen atoms in total. The monoisotopic (exact) mass is 559 g/mol. The number of nitriles is 1. The van der Waals surface area contributed by atoms with Crippen LogP contribution in [0.1, 0.15) is 106 Å². The van der Waals surface area contributed by atoms with E-state index in [-0.39, 0.29) is 70.9 Å². The van der Waals surface area contributed by atoms with Crippen LogP contribution in [0.5, 0.6) is 0 Å². The third-order valence-electron chi connectivity index (χ3n) is 11.9. The largest absolute Gasteiger partial charge is 0.295 e. The second-order valence-electron chi connectivity index (χ2n) is 14.2. The summed E-state index contributed by atoms with van der Waals surface area (Å²) in [6, 6.07) is 2.15. The fraction of sp³-hybridized carbons (Fsp3) is 0.686. The second kappa shape index (κ2) is 10.5. The van der Waals surface area contributed by atoms with Crippen molar-refractivity contribution in [2.45, 2.75) is 101 Å². The van der Waals surface area contributed by atoms with Crippen molar-refractivity contribution in [2.75, 3.05) is 0 Å². The number of allylic oxidation sites excluding steroid dienone is 4. The first-order valence-corrected chi connectivity index (χ1v) is 15.3. The molecule has 0 aromatic carbocycles. The molecule has 41 heavy (non-hydrogen) atoms. The van der Waals surface area contributed by atoms with E-state index in [1.165, 1.54) is 0 Å². The van der Waals surface area contributed by atoms with Crippen LogP contribution >= 0.6 is 0 Å². The van der Waals surface area contributed by atoms with E-state index in [0.717, 1.165) is 50.5 Å². The van der Waals surface area contributed by atoms with E-state index in [9.17, 15) is 19.6 Å². The fourth-order valence-electron chi connectivity index (χ4n) is 9.90. The van der Waals surface area contributed by atoms with Gasteiger partial charge in [-0.15, -0.1) is 0 Å². The van der Waals surface area contributed by atoms with Crippen molar-refractivity contribution in [3.63, 3.8) is 0 Å². The number of fused-ring (bicyclic) bond motifs is 7. The van der Waals surface area contributed by atoms with Gasteiger partial charge in [0, 0.05) is 29.6 Å². The van der Waals surface area contributed by atoms with Gasteiger partial charge in [0.15, 0.2) is 11.6 Å². The number of carbonyl (C=O) groups excluding carboxylic acids is 3. The Labute approximate surface area is 246 Å². The fourth-order valence-corrected chi connectivity index (χ4v) is 9.90. The summed E-state index contributed by atoms with van der Waals surface area (Å²) in [4.78, 5) is 45.4. The highest BCUT2D eigenvalue weighted by Crippen LogP contribution is 2.69. The van der Waals surface area contributed by atoms with Gasteiger partial charge in [-0.3, -0.25) is 19.0 Å². The van der Waals surface area contributed by atoms with Crippen LogP contribution in [0.4, 0.5) is 0 Å². The molecule has 0 radical (unpaired) electrons. The van der Waals surface area contributed by atoms with Gasteiger partial charge in [-0.05, 0) is 79.6 Å². The van der Waals surface area contributed by atoms with Gasteiger partial charge in [-0.1, -0.05) is 67.5 Å². The first kappa shape index (κ1) is 31.1. The minimum atomic E-state index is -0.546. The highest BCUT2D eigenvalue weighted by molar-refractivity contribution is 6.02. The quantitative estimate of drug-likeness (QED) is 0.353. The van der Waals surface area contributed by atoms with Crippen molar-refractivity contribution in [1.82, 2.24) is 9.55 Å². The lowest BCUT2D eigenvalue weighted by Gasteiger charge is -2.64. The maximum atomic E-state index is 14.3. The molecule has 6 rings (SSSR count). The summed E-state index contributed by atoms with van der Waals surface area (Å²) in [6.45, 7) is 15.0. The van der Waals surface area contributed by atoms with Crippen molar-refractivity contribution in [1.29, 1.82) is 5.26 Å². The highest BCUT2D eigenvalue weighted by Gasteiger charge is 2.66. The Balaban J connectivity index is 0.00000126. The van der Waals surface area contributed by atoms with Crippen LogP contribution in [0, 0.1) is 62.6 Å². The van der Waals surface area contributed by atoms with Crippen molar-refractivity contribution in [3.8, 4) is 6.07 Å². The highest BCUT2D eigenvalue weighted by atomic mass is 16.2. The van der Waals surface area contributed by atoms with Crippen LogP contribution in [0.3, 0.4) is 0 Å². The number of aromatic nitrogens is 2. The van der Waals surface area contributed by atoms with Crippen LogP contribution < -0.4 is 0 Å². The molecule has 8 unspecified atom stereocenters. The zero-order valence-corrected chi connectivity index (χ0v) is 25.3. The van der Waals surface area contributed by atoms with E-state index < -0.39 is 10.8 Å². The average molecular weight is 560 g/mol. The number of imidazole rings is 1. The zero-order chi connectivity index (χ0) is 29.3. The molecule has 0 N–H and O–H groups in total. The topological polar surface area (TPSA) is 92.8 Å². The van der Waals surface area contributed by atoms with Gasteiger partial charge in [0.1, 0.15) is 12.4 Å². The third kappa shape index (κ3) is 4.33. The number of rotatable bonds is 1. The molecule has 3 saturated carbocycles. The number of hydrogen-bond acceptors (Lipinski definition) is 5. The summed E-state index contributed by atoms with van der Waals surface area (Å²) in [5.41, 5.74) is 0.187. The van der Waals surface area contributed by atoms with Gasteiger partial charge < -0.3 is 0 Å². The molecule has 222 valence electrons. The van der Waals surface area contributed by atoms with Gasteiger partial charge in [-0.2, -0.15) is 5.26 Å². The molecule has 1 aromatic rings. The minimum absolute atomic E-state index is 0. The van der Waals surface area contributed by atoms with E-state index >= 15 is 0 Å². The number of hydrogen-bond donors (Lipinski definition) is 0. The molecular weight excluding hydrogens is 510 g/mol. The number of ketones is 2. The van der Waals surface area contributed by atoms with Crippen molar-refractivity contribution in [2.24, 2.45) is 51.2 Å². The average Bonchev–Trinajstić information content (AvgIpc) is 3.47. The van der Waals surface area contributed by atoms with Crippen LogP contribution in [0.15, 0.2) is 42.0 Å². The molecular formula is C35H49N3O3. The molecule has 8 atom stereocenters. The molecule has 0 saturated heterocycles. The summed E-state index contributed by atoms with van der Waals surface area (Å²) in [5.74, 6) is -0.00826. The molecule has 1 heterocycles. The third-order valence-corrected chi connectivity index (χ3v) is 11.9. The second-order valence-corrected chi connectivity index (χ2v) is 14.2. The Hall–Kier alpha value is -2.81. The molecule has 0 bridgehead atoms. The lowest BCUT2D eigenvalue weighted by atomic mass is 9.39. The molecule has 5 aliphatic rings. The van der Waals surface area contributed by atoms with Crippen LogP contribution in [0.2, 0.25) is 0 Å². The molecule has 1 aromatic heterocycles. The molecule has 5 aliphatic carbocycles. The lowest BCUT2D eigenvalue weighted by Crippen LogP contribution is -2.61. The zero-order valence-electron chi connectivity index (χ0n) is 25.3. The standard InChI is InChI=1S/C32H39N3O3.C2H6.CH4/c1-19-21-6-8-30(4)22-7-9-32(28(38)35-13-12-34-18-35)11-10-29(2,3)16-23(32)26(22)24(36)14-25(30)31(21,5)15-20(17-33)27(19)37;1-2;/h12-15,18-19,21-23,26H,6-11,16H2,1-5H3;1-2H3;1H4. The molecule has 0 aliphatic heterocycles. The summed E-state index contributed by atoms with van der Waals surface area (Å²) in [5, 5.41) is 9.76. The Morgan fingerprint density at radius 3 is 2.34 bits per heavy atom. The predicted octanol–water partition coefficient (Wildman–Crippen LogP) is 7.62. The first-order chi connectivity index (χ1) is 18.9. The SMILES string of the molecule is C.CC.CC1C(=O)C(C#N)=CC2(C)C3=CC(=O)C4C(CCC5(C(=O)n6ccnc6)CCC(C)(C)CC45)C3(C)CCC12. The smallest absolute Gasteiger partial charge is 0.238 e. The summed E-state index contributed by atoms with van der Waals surface area (Å²) in [7, 11) is 0. The van der Waals surface area contributed by atoms with E-state index in [1.807, 2.05) is 32.9 Å². The number of Topliss-reactive ketones (excluding diaryl/α,β-unsaturated/α-hetero) is 1. The summed E-state index contributed by atoms with van der Waals surface area (Å²) >= 11 is 0. The Kier molecular flexibility index (Phi) is 7.95. The van der Waals surface area contributed by atoms with Crippen molar-refractivity contribution >= 4 is 17.5 Å². The summed E-state index contributed by atoms with van der Waals surface area (Å²) < 4.78 is 1.64. The van der Waals surface area contributed by atoms with Crippen molar-refractivity contribution < 1.29 is 14.4 Å². The Morgan fingerprint density at radius 1 is 1.02 bits per heavy atom. The summed E-state index contributed by atoms with van der Waals surface area (Å²) in [6.07, 6.45) is 14.9.